The fourth-order valence-electron chi connectivity index (χ4n) is 3.97. The van der Waals surface area contributed by atoms with E-state index in [1.807, 2.05) is 54.6 Å². The summed E-state index contributed by atoms with van der Waals surface area (Å²) >= 11 is 0. The fraction of sp³-hybridized carbons (Fsp3) is 0.333. The minimum Gasteiger partial charge on any atom is -0.496 e. The first-order valence-electron chi connectivity index (χ1n) is 10.1. The summed E-state index contributed by atoms with van der Waals surface area (Å²) < 4.78 is 43.0. The number of ether oxygens (including phenoxy) is 3. The summed E-state index contributed by atoms with van der Waals surface area (Å²) in [5.41, 5.74) is 1.68. The van der Waals surface area contributed by atoms with Crippen LogP contribution in [-0.4, -0.2) is 62.5 Å². The van der Waals surface area contributed by atoms with E-state index in [0.717, 1.165) is 21.9 Å². The predicted molar refractivity (Wildman–Crippen MR) is 115 cm³/mol. The van der Waals surface area contributed by atoms with E-state index in [-0.39, 0.29) is 26.2 Å². The molecule has 3 aromatic carbocycles. The number of benzene rings is 3. The largest absolute Gasteiger partial charge is 0.496 e. The molecule has 0 aliphatic carbocycles. The second-order valence-electron chi connectivity index (χ2n) is 7.72. The lowest BCUT2D eigenvalue weighted by molar-refractivity contribution is -0.140. The van der Waals surface area contributed by atoms with Crippen LogP contribution >= 0.6 is 0 Å². The van der Waals surface area contributed by atoms with Gasteiger partial charge in [-0.2, -0.15) is 0 Å². The van der Waals surface area contributed by atoms with E-state index < -0.39 is 12.0 Å². The van der Waals surface area contributed by atoms with Gasteiger partial charge >= 0.3 is 0 Å². The summed E-state index contributed by atoms with van der Waals surface area (Å²) in [5.74, 6) is -0.753. The van der Waals surface area contributed by atoms with E-state index in [1.165, 1.54) is 4.90 Å². The van der Waals surface area contributed by atoms with Gasteiger partial charge in [0.1, 0.15) is 30.0 Å². The highest BCUT2D eigenvalue weighted by atomic mass is 19.3. The van der Waals surface area contributed by atoms with Crippen LogP contribution in [0.25, 0.3) is 21.9 Å². The molecular weight excluding hydrogens is 404 g/mol. The maximum absolute atomic E-state index is 13.0. The Balaban J connectivity index is 1.62. The van der Waals surface area contributed by atoms with Gasteiger partial charge in [0.05, 0.1) is 32.9 Å². The maximum atomic E-state index is 13.0. The number of nitrogens with zero attached hydrogens (tertiary/aromatic N) is 1. The lowest BCUT2D eigenvalue weighted by atomic mass is 9.96. The molecule has 1 heterocycles. The molecule has 1 N–H and O–H groups in total. The third-order valence-electron chi connectivity index (χ3n) is 5.35. The highest BCUT2D eigenvalue weighted by Gasteiger charge is 2.44. The van der Waals surface area contributed by atoms with Gasteiger partial charge in [-0.25, -0.2) is 8.78 Å². The maximum Gasteiger partial charge on any atom is 0.272 e. The van der Waals surface area contributed by atoms with Gasteiger partial charge in [-0.05, 0) is 35.0 Å². The van der Waals surface area contributed by atoms with Crippen molar-refractivity contribution in [2.45, 2.75) is 12.0 Å². The lowest BCUT2D eigenvalue weighted by Crippen LogP contribution is -2.58. The van der Waals surface area contributed by atoms with Crippen molar-refractivity contribution in [2.24, 2.45) is 0 Å². The molecule has 7 heteroatoms. The molecule has 0 radical (unpaired) electrons. The molecule has 3 aromatic rings. The topological polar surface area (TPSA) is 51.2 Å². The minimum atomic E-state index is -2.65. The number of hydrogen-bond donors (Lipinski definition) is 1. The quantitative estimate of drug-likeness (QED) is 0.581. The summed E-state index contributed by atoms with van der Waals surface area (Å²) in [4.78, 5) is 1.51. The Morgan fingerprint density at radius 2 is 1.68 bits per heavy atom. The number of rotatable bonds is 8. The summed E-state index contributed by atoms with van der Waals surface area (Å²) in [6.45, 7) is -0.491. The van der Waals surface area contributed by atoms with Crippen LogP contribution < -0.4 is 14.2 Å². The molecule has 1 atom stereocenters. The van der Waals surface area contributed by atoms with Crippen LogP contribution in [0.3, 0.4) is 0 Å². The van der Waals surface area contributed by atoms with Crippen molar-refractivity contribution in [1.29, 1.82) is 0 Å². The van der Waals surface area contributed by atoms with E-state index in [1.54, 1.807) is 14.2 Å². The average Bonchev–Trinajstić information content (AvgIpc) is 2.75. The molecule has 4 rings (SSSR count). The van der Waals surface area contributed by atoms with Crippen LogP contribution in [0.4, 0.5) is 8.78 Å². The van der Waals surface area contributed by atoms with Crippen LogP contribution in [0.15, 0.2) is 54.6 Å². The third-order valence-corrected chi connectivity index (χ3v) is 5.35. The Labute approximate surface area is 179 Å². The first-order chi connectivity index (χ1) is 14.9. The number of likely N-dealkylation sites (tertiary alicyclic amines) is 1. The van der Waals surface area contributed by atoms with Crippen molar-refractivity contribution >= 4 is 10.8 Å². The highest BCUT2D eigenvalue weighted by molar-refractivity contribution is 6.00. The predicted octanol–water partition coefficient (Wildman–Crippen LogP) is 4.21. The number of methoxy groups -OCH3 is 2. The number of halogens is 2. The molecule has 164 valence electrons. The number of fused-ring (bicyclic) bond motifs is 1. The molecule has 0 saturated carbocycles. The monoisotopic (exact) mass is 429 g/mol. The van der Waals surface area contributed by atoms with Gasteiger partial charge in [0.25, 0.3) is 5.92 Å². The number of aliphatic hydroxyl groups excluding tert-OH is 1. The number of hydrogen-bond acceptors (Lipinski definition) is 5. The minimum absolute atomic E-state index is 0.00289. The van der Waals surface area contributed by atoms with Gasteiger partial charge < -0.3 is 19.3 Å². The van der Waals surface area contributed by atoms with Crippen molar-refractivity contribution in [3.05, 3.63) is 54.6 Å². The summed E-state index contributed by atoms with van der Waals surface area (Å²) in [7, 11) is 3.22. The summed E-state index contributed by atoms with van der Waals surface area (Å²) in [6.07, 6.45) is -0.869. The lowest BCUT2D eigenvalue weighted by Gasteiger charge is -2.39. The van der Waals surface area contributed by atoms with E-state index in [4.69, 9.17) is 14.2 Å². The third kappa shape index (κ3) is 4.57. The van der Waals surface area contributed by atoms with Gasteiger partial charge in [-0.1, -0.05) is 30.3 Å². The second-order valence-corrected chi connectivity index (χ2v) is 7.72. The zero-order chi connectivity index (χ0) is 22.0. The molecule has 0 amide bonds. The Bertz CT molecular complexity index is 1040. The number of β-amino-alcohol motifs (C(OH)–C–C–N with tert-alkyl or cyclic N) is 1. The van der Waals surface area contributed by atoms with E-state index in [0.29, 0.717) is 17.2 Å². The molecule has 0 bridgehead atoms. The Hall–Kier alpha value is -2.90. The molecule has 31 heavy (non-hydrogen) atoms. The van der Waals surface area contributed by atoms with Crippen molar-refractivity contribution in [3.63, 3.8) is 0 Å². The molecule has 1 unspecified atom stereocenters. The zero-order valence-electron chi connectivity index (χ0n) is 17.5. The standard InChI is InChI=1S/C24H25F2NO4/c1-29-21-8-5-9-22(30-2)23(21)20-11-18(10-16-6-3-4-7-19(16)20)31-13-17(28)12-27-14-24(25,26)15-27/h3-11,17,28H,12-15H2,1-2H3. The number of aliphatic hydroxyl groups is 1. The Morgan fingerprint density at radius 1 is 1.00 bits per heavy atom. The normalized spacial score (nSPS) is 16.5. The van der Waals surface area contributed by atoms with Crippen LogP contribution in [0.1, 0.15) is 0 Å². The van der Waals surface area contributed by atoms with Crippen molar-refractivity contribution in [3.8, 4) is 28.4 Å². The second kappa shape index (κ2) is 8.69. The van der Waals surface area contributed by atoms with Gasteiger partial charge in [-0.3, -0.25) is 4.90 Å². The van der Waals surface area contributed by atoms with Crippen molar-refractivity contribution in [2.75, 3.05) is 40.5 Å². The molecule has 1 aliphatic heterocycles. The van der Waals surface area contributed by atoms with Gasteiger partial charge in [-0.15, -0.1) is 0 Å². The highest BCUT2D eigenvalue weighted by Crippen LogP contribution is 2.43. The molecule has 1 saturated heterocycles. The number of alkyl halides is 2. The molecule has 0 aromatic heterocycles. The van der Waals surface area contributed by atoms with Crippen LogP contribution in [0.5, 0.6) is 17.2 Å². The molecule has 5 nitrogen and oxygen atoms in total. The van der Waals surface area contributed by atoms with Crippen LogP contribution in [0.2, 0.25) is 0 Å². The van der Waals surface area contributed by atoms with E-state index in [9.17, 15) is 13.9 Å². The molecule has 0 spiro atoms. The SMILES string of the molecule is COc1cccc(OC)c1-c1cc(OCC(O)CN2CC(F)(F)C2)cc2ccccc12. The summed E-state index contributed by atoms with van der Waals surface area (Å²) in [5, 5.41) is 12.2. The van der Waals surface area contributed by atoms with Gasteiger partial charge in [0.15, 0.2) is 0 Å². The first kappa shape index (κ1) is 21.3. The van der Waals surface area contributed by atoms with E-state index >= 15 is 0 Å². The van der Waals surface area contributed by atoms with Gasteiger partial charge in [0.2, 0.25) is 0 Å². The van der Waals surface area contributed by atoms with Crippen molar-refractivity contribution < 1.29 is 28.1 Å². The van der Waals surface area contributed by atoms with E-state index in [2.05, 4.69) is 0 Å². The van der Waals surface area contributed by atoms with Crippen LogP contribution in [-0.2, 0) is 0 Å². The Kier molecular flexibility index (Phi) is 5.98. The first-order valence-corrected chi connectivity index (χ1v) is 10.1. The average molecular weight is 429 g/mol. The van der Waals surface area contributed by atoms with Gasteiger partial charge in [0, 0.05) is 12.1 Å². The molecular formula is C24H25F2NO4. The Morgan fingerprint density at radius 3 is 2.32 bits per heavy atom. The van der Waals surface area contributed by atoms with Crippen molar-refractivity contribution in [1.82, 2.24) is 4.90 Å². The zero-order valence-corrected chi connectivity index (χ0v) is 17.5. The molecule has 1 aliphatic rings. The fourth-order valence-corrected chi connectivity index (χ4v) is 3.97. The van der Waals surface area contributed by atoms with Crippen LogP contribution in [0, 0.1) is 0 Å². The molecule has 1 fully saturated rings. The smallest absolute Gasteiger partial charge is 0.272 e. The summed E-state index contributed by atoms with van der Waals surface area (Å²) in [6, 6.07) is 17.3.